The predicted molar refractivity (Wildman–Crippen MR) is 126 cm³/mol. The molecule has 2 aromatic rings. The maximum Gasteiger partial charge on any atom is 0.318 e. The summed E-state index contributed by atoms with van der Waals surface area (Å²) in [5.41, 5.74) is 1.93. The van der Waals surface area contributed by atoms with Crippen molar-refractivity contribution in [3.05, 3.63) is 64.7 Å². The molecular weight excluding hydrogens is 428 g/mol. The number of amides is 3. The monoisotopic (exact) mass is 456 g/mol. The van der Waals surface area contributed by atoms with Gasteiger partial charge in [-0.2, -0.15) is 5.10 Å². The highest BCUT2D eigenvalue weighted by Gasteiger charge is 2.36. The number of hydrogen-bond donors (Lipinski definition) is 1. The lowest BCUT2D eigenvalue weighted by Gasteiger charge is -2.28. The van der Waals surface area contributed by atoms with Crippen molar-refractivity contribution in [1.82, 2.24) is 15.2 Å². The fraction of sp³-hybridized carbons (Fsp3) is 0.375. The van der Waals surface area contributed by atoms with Crippen molar-refractivity contribution in [2.45, 2.75) is 38.8 Å². The maximum atomic E-state index is 13.3. The first kappa shape index (κ1) is 23.6. The molecule has 1 aliphatic rings. The summed E-state index contributed by atoms with van der Waals surface area (Å²) >= 11 is 6.40. The number of hydrogen-bond acceptors (Lipinski definition) is 4. The van der Waals surface area contributed by atoms with Crippen LogP contribution in [0.25, 0.3) is 0 Å². The van der Waals surface area contributed by atoms with Gasteiger partial charge in [0.15, 0.2) is 0 Å². The number of likely N-dealkylation sites (N-methyl/N-ethyl adjacent to an activating group) is 1. The van der Waals surface area contributed by atoms with Crippen molar-refractivity contribution in [3.8, 4) is 5.75 Å². The smallest absolute Gasteiger partial charge is 0.318 e. The number of carbonyl (C=O) groups is 2. The number of nitrogens with zero attached hydrogens (tertiary/aromatic N) is 3. The highest BCUT2D eigenvalue weighted by atomic mass is 35.5. The molecule has 1 heterocycles. The highest BCUT2D eigenvalue weighted by Crippen LogP contribution is 2.38. The van der Waals surface area contributed by atoms with Gasteiger partial charge >= 0.3 is 6.03 Å². The van der Waals surface area contributed by atoms with E-state index in [0.717, 1.165) is 11.1 Å². The Morgan fingerprint density at radius 1 is 1.19 bits per heavy atom. The number of urea groups is 1. The molecule has 1 atom stereocenters. The minimum absolute atomic E-state index is 0.118. The summed E-state index contributed by atoms with van der Waals surface area (Å²) in [7, 11) is 3.19. The number of para-hydroxylation sites is 1. The van der Waals surface area contributed by atoms with Crippen LogP contribution in [-0.2, 0) is 4.79 Å². The molecule has 0 saturated carbocycles. The number of halogens is 1. The third-order valence-corrected chi connectivity index (χ3v) is 5.38. The van der Waals surface area contributed by atoms with Gasteiger partial charge in [-0.25, -0.2) is 9.80 Å². The number of carbonyl (C=O) groups excluding carboxylic acids is 2. The summed E-state index contributed by atoms with van der Waals surface area (Å²) in [6, 6.07) is 14.3. The molecule has 3 amide bonds. The van der Waals surface area contributed by atoms with E-state index in [1.165, 1.54) is 9.91 Å². The number of methoxy groups -OCH3 is 1. The second kappa shape index (κ2) is 9.61. The lowest BCUT2D eigenvalue weighted by atomic mass is 9.97. The Labute approximate surface area is 194 Å². The minimum atomic E-state index is -0.405. The zero-order valence-electron chi connectivity index (χ0n) is 19.1. The fourth-order valence-electron chi connectivity index (χ4n) is 3.55. The molecule has 1 N–H and O–H groups in total. The molecule has 0 fully saturated rings. The van der Waals surface area contributed by atoms with Gasteiger partial charge in [0.1, 0.15) is 12.3 Å². The first-order valence-corrected chi connectivity index (χ1v) is 10.8. The average molecular weight is 457 g/mol. The molecule has 0 aliphatic carbocycles. The van der Waals surface area contributed by atoms with Crippen LogP contribution < -0.4 is 10.1 Å². The number of rotatable bonds is 5. The molecule has 0 spiro atoms. The number of ether oxygens (including phenoxy) is 1. The van der Waals surface area contributed by atoms with Gasteiger partial charge in [0.2, 0.25) is 0 Å². The van der Waals surface area contributed by atoms with Crippen LogP contribution in [0.2, 0.25) is 5.02 Å². The Balaban J connectivity index is 1.91. The van der Waals surface area contributed by atoms with Crippen molar-refractivity contribution in [2.75, 3.05) is 20.7 Å². The summed E-state index contributed by atoms with van der Waals surface area (Å²) in [4.78, 5) is 27.1. The molecular formula is C24H29ClN4O3. The first-order chi connectivity index (χ1) is 15.1. The molecule has 0 saturated heterocycles. The molecule has 32 heavy (non-hydrogen) atoms. The summed E-state index contributed by atoms with van der Waals surface area (Å²) in [6.45, 7) is 5.55. The summed E-state index contributed by atoms with van der Waals surface area (Å²) in [5, 5.41) is 9.51. The summed E-state index contributed by atoms with van der Waals surface area (Å²) < 4.78 is 5.54. The van der Waals surface area contributed by atoms with Crippen molar-refractivity contribution in [2.24, 2.45) is 5.10 Å². The number of nitrogens with one attached hydrogen (secondary N) is 1. The van der Waals surface area contributed by atoms with Gasteiger partial charge in [-0.1, -0.05) is 48.0 Å². The Hall–Kier alpha value is -3.06. The van der Waals surface area contributed by atoms with Crippen LogP contribution >= 0.6 is 11.6 Å². The van der Waals surface area contributed by atoms with E-state index in [9.17, 15) is 9.59 Å². The standard InChI is InChI=1S/C24H29ClN4O3/c1-24(2,3)26-23(31)28(4)15-22(30)29-20(17-11-7-9-13-21(17)32-5)14-19(27-29)16-10-6-8-12-18(16)25/h6-13,20H,14-15H2,1-5H3,(H,26,31)/t20-/m0/s1. The van der Waals surface area contributed by atoms with Crippen LogP contribution in [0.1, 0.15) is 44.4 Å². The Morgan fingerprint density at radius 2 is 1.84 bits per heavy atom. The molecule has 2 aromatic carbocycles. The van der Waals surface area contributed by atoms with E-state index in [1.54, 1.807) is 20.2 Å². The number of hydrazone groups is 1. The van der Waals surface area contributed by atoms with Gasteiger partial charge in [-0.15, -0.1) is 0 Å². The molecule has 7 nitrogen and oxygen atoms in total. The van der Waals surface area contributed by atoms with Crippen molar-refractivity contribution in [1.29, 1.82) is 0 Å². The largest absolute Gasteiger partial charge is 0.496 e. The molecule has 170 valence electrons. The molecule has 0 radical (unpaired) electrons. The molecule has 0 aromatic heterocycles. The van der Waals surface area contributed by atoms with Crippen LogP contribution in [0.4, 0.5) is 4.79 Å². The zero-order chi connectivity index (χ0) is 23.5. The van der Waals surface area contributed by atoms with Crippen molar-refractivity contribution >= 4 is 29.3 Å². The Morgan fingerprint density at radius 3 is 2.50 bits per heavy atom. The van der Waals surface area contributed by atoms with Crippen molar-refractivity contribution < 1.29 is 14.3 Å². The van der Waals surface area contributed by atoms with Crippen LogP contribution in [0, 0.1) is 0 Å². The van der Waals surface area contributed by atoms with Crippen LogP contribution in [0.5, 0.6) is 5.75 Å². The van der Waals surface area contributed by atoms with Crippen LogP contribution in [-0.4, -0.2) is 53.8 Å². The van der Waals surface area contributed by atoms with Crippen molar-refractivity contribution in [3.63, 3.8) is 0 Å². The highest BCUT2D eigenvalue weighted by molar-refractivity contribution is 6.34. The molecule has 1 aliphatic heterocycles. The van der Waals surface area contributed by atoms with Gasteiger partial charge in [-0.05, 0) is 32.9 Å². The van der Waals surface area contributed by atoms with E-state index in [-0.39, 0.29) is 24.5 Å². The first-order valence-electron chi connectivity index (χ1n) is 10.4. The zero-order valence-corrected chi connectivity index (χ0v) is 19.8. The van der Waals surface area contributed by atoms with E-state index >= 15 is 0 Å². The Kier molecular flexibility index (Phi) is 7.09. The van der Waals surface area contributed by atoms with Gasteiger partial charge in [-0.3, -0.25) is 4.79 Å². The van der Waals surface area contributed by atoms with Gasteiger partial charge in [0.25, 0.3) is 5.91 Å². The average Bonchev–Trinajstić information content (AvgIpc) is 3.18. The summed E-state index contributed by atoms with van der Waals surface area (Å²) in [6.07, 6.45) is 0.480. The van der Waals surface area contributed by atoms with E-state index in [0.29, 0.717) is 22.9 Å². The lowest BCUT2D eigenvalue weighted by Crippen LogP contribution is -2.49. The Bertz CT molecular complexity index is 1030. The third-order valence-electron chi connectivity index (χ3n) is 5.05. The van der Waals surface area contributed by atoms with E-state index in [2.05, 4.69) is 10.4 Å². The second-order valence-electron chi connectivity index (χ2n) is 8.76. The van der Waals surface area contributed by atoms with E-state index in [4.69, 9.17) is 16.3 Å². The van der Waals surface area contributed by atoms with E-state index < -0.39 is 5.54 Å². The van der Waals surface area contributed by atoms with Crippen LogP contribution in [0.3, 0.4) is 0 Å². The van der Waals surface area contributed by atoms with Gasteiger partial charge < -0.3 is 15.0 Å². The normalized spacial score (nSPS) is 15.9. The maximum absolute atomic E-state index is 13.3. The molecule has 0 bridgehead atoms. The van der Waals surface area contributed by atoms with Gasteiger partial charge in [0, 0.05) is 35.2 Å². The third kappa shape index (κ3) is 5.40. The number of benzene rings is 2. The van der Waals surface area contributed by atoms with Crippen LogP contribution in [0.15, 0.2) is 53.6 Å². The SMILES string of the molecule is COc1ccccc1[C@@H]1CC(c2ccccc2Cl)=NN1C(=O)CN(C)C(=O)NC(C)(C)C. The van der Waals surface area contributed by atoms with E-state index in [1.807, 2.05) is 63.2 Å². The quantitative estimate of drug-likeness (QED) is 0.721. The summed E-state index contributed by atoms with van der Waals surface area (Å²) in [5.74, 6) is 0.374. The lowest BCUT2D eigenvalue weighted by molar-refractivity contribution is -0.133. The predicted octanol–water partition coefficient (Wildman–Crippen LogP) is 4.47. The topological polar surface area (TPSA) is 74.2 Å². The molecule has 8 heteroatoms. The second-order valence-corrected chi connectivity index (χ2v) is 9.17. The van der Waals surface area contributed by atoms with Gasteiger partial charge in [0.05, 0.1) is 18.9 Å². The minimum Gasteiger partial charge on any atom is -0.496 e. The molecule has 0 unspecified atom stereocenters. The fourth-order valence-corrected chi connectivity index (χ4v) is 3.79. The molecule has 3 rings (SSSR count).